The number of methoxy groups -OCH3 is 1. The van der Waals surface area contributed by atoms with Crippen LogP contribution in [0, 0.1) is 5.92 Å². The van der Waals surface area contributed by atoms with E-state index in [1.54, 1.807) is 7.11 Å². The number of ether oxygens (including phenoxy) is 3. The highest BCUT2D eigenvalue weighted by Gasteiger charge is 2.40. The van der Waals surface area contributed by atoms with Crippen molar-refractivity contribution in [2.24, 2.45) is 11.8 Å². The van der Waals surface area contributed by atoms with Gasteiger partial charge in [-0.25, -0.2) is 0 Å². The molecule has 118 valence electrons. The van der Waals surface area contributed by atoms with Crippen molar-refractivity contribution >= 4 is 11.8 Å². The molecule has 2 rings (SSSR count). The Kier molecular flexibility index (Phi) is 7.07. The molecule has 2 fully saturated rings. The van der Waals surface area contributed by atoms with Crippen LogP contribution in [0.25, 0.3) is 0 Å². The van der Waals surface area contributed by atoms with Gasteiger partial charge in [0.15, 0.2) is 0 Å². The number of hydrogen-bond acceptors (Lipinski definition) is 6. The molecule has 2 aliphatic heterocycles. The van der Waals surface area contributed by atoms with Crippen molar-refractivity contribution in [2.75, 3.05) is 45.0 Å². The second kappa shape index (κ2) is 8.56. The minimum Gasteiger partial charge on any atom is -0.382 e. The molecule has 2 atom stereocenters. The van der Waals surface area contributed by atoms with E-state index in [-0.39, 0.29) is 11.6 Å². The molecule has 3 N–H and O–H groups in total. The highest BCUT2D eigenvalue weighted by molar-refractivity contribution is 7.99. The van der Waals surface area contributed by atoms with Gasteiger partial charge in [0.1, 0.15) is 0 Å². The average Bonchev–Trinajstić information content (AvgIpc) is 2.48. The fourth-order valence-corrected chi connectivity index (χ4v) is 4.41. The van der Waals surface area contributed by atoms with Crippen molar-refractivity contribution in [3.8, 4) is 0 Å². The number of nitrogens with two attached hydrogens (primary N) is 1. The molecular weight excluding hydrogens is 276 g/mol. The van der Waals surface area contributed by atoms with Crippen molar-refractivity contribution in [3.05, 3.63) is 0 Å². The molecule has 2 heterocycles. The summed E-state index contributed by atoms with van der Waals surface area (Å²) in [6.45, 7) is 2.76. The van der Waals surface area contributed by atoms with Crippen LogP contribution in [0.2, 0.25) is 0 Å². The van der Waals surface area contributed by atoms with E-state index in [4.69, 9.17) is 20.1 Å². The van der Waals surface area contributed by atoms with E-state index in [9.17, 15) is 0 Å². The molecule has 1 spiro atoms. The Hall–Kier alpha value is 0.150. The standard InChI is InChI=1S/C14H28N2O3S/c1-17-6-7-18-11-13(16-15)12-2-5-19-14(10-12)3-8-20-9-4-14/h12-13,16H,2-11,15H2,1H3. The molecule has 0 aromatic carbocycles. The van der Waals surface area contributed by atoms with Crippen LogP contribution < -0.4 is 11.3 Å². The third kappa shape index (κ3) is 4.58. The zero-order chi connectivity index (χ0) is 14.3. The highest BCUT2D eigenvalue weighted by Crippen LogP contribution is 2.40. The summed E-state index contributed by atoms with van der Waals surface area (Å²) in [5.74, 6) is 8.71. The first kappa shape index (κ1) is 16.5. The Morgan fingerprint density at radius 1 is 1.40 bits per heavy atom. The SMILES string of the molecule is COCCOCC(NN)C1CCOC2(CCSCC2)C1. The van der Waals surface area contributed by atoms with E-state index in [2.05, 4.69) is 5.43 Å². The van der Waals surface area contributed by atoms with Gasteiger partial charge in [0.05, 0.1) is 25.4 Å². The molecule has 0 saturated carbocycles. The summed E-state index contributed by atoms with van der Waals surface area (Å²) in [5.41, 5.74) is 3.05. The second-order valence-electron chi connectivity index (χ2n) is 5.74. The summed E-state index contributed by atoms with van der Waals surface area (Å²) >= 11 is 2.04. The fraction of sp³-hybridized carbons (Fsp3) is 1.00. The first-order valence-corrected chi connectivity index (χ1v) is 8.70. The van der Waals surface area contributed by atoms with Crippen molar-refractivity contribution in [3.63, 3.8) is 0 Å². The van der Waals surface area contributed by atoms with Crippen LogP contribution in [-0.4, -0.2) is 56.7 Å². The Morgan fingerprint density at radius 2 is 2.20 bits per heavy atom. The van der Waals surface area contributed by atoms with E-state index in [0.29, 0.717) is 25.7 Å². The normalized spacial score (nSPS) is 27.6. The lowest BCUT2D eigenvalue weighted by Gasteiger charge is -2.45. The first-order chi connectivity index (χ1) is 9.79. The van der Waals surface area contributed by atoms with Gasteiger partial charge in [-0.15, -0.1) is 0 Å². The molecule has 2 aliphatic rings. The number of hydrogen-bond donors (Lipinski definition) is 2. The van der Waals surface area contributed by atoms with Crippen LogP contribution in [0.1, 0.15) is 25.7 Å². The van der Waals surface area contributed by atoms with Gasteiger partial charge in [-0.3, -0.25) is 11.3 Å². The lowest BCUT2D eigenvalue weighted by atomic mass is 9.79. The van der Waals surface area contributed by atoms with E-state index in [1.165, 1.54) is 24.3 Å². The van der Waals surface area contributed by atoms with Crippen molar-refractivity contribution in [1.29, 1.82) is 0 Å². The van der Waals surface area contributed by atoms with Gasteiger partial charge in [0.25, 0.3) is 0 Å². The number of rotatable bonds is 7. The Balaban J connectivity index is 1.82. The van der Waals surface area contributed by atoms with E-state index in [0.717, 1.165) is 19.4 Å². The largest absolute Gasteiger partial charge is 0.382 e. The molecular formula is C14H28N2O3S. The van der Waals surface area contributed by atoms with Gasteiger partial charge < -0.3 is 14.2 Å². The molecule has 5 nitrogen and oxygen atoms in total. The van der Waals surface area contributed by atoms with Gasteiger partial charge in [-0.1, -0.05) is 0 Å². The third-order valence-corrected chi connectivity index (χ3v) is 5.43. The smallest absolute Gasteiger partial charge is 0.0701 e. The predicted octanol–water partition coefficient (Wildman–Crippen LogP) is 1.17. The maximum absolute atomic E-state index is 6.13. The lowest BCUT2D eigenvalue weighted by molar-refractivity contribution is -0.111. The molecule has 0 aromatic rings. The summed E-state index contributed by atoms with van der Waals surface area (Å²) in [6.07, 6.45) is 4.53. The molecule has 2 saturated heterocycles. The van der Waals surface area contributed by atoms with Gasteiger partial charge in [-0.2, -0.15) is 11.8 Å². The highest BCUT2D eigenvalue weighted by atomic mass is 32.2. The molecule has 2 unspecified atom stereocenters. The summed E-state index contributed by atoms with van der Waals surface area (Å²) < 4.78 is 16.8. The summed E-state index contributed by atoms with van der Waals surface area (Å²) in [6, 6.07) is 0.210. The van der Waals surface area contributed by atoms with E-state index < -0.39 is 0 Å². The van der Waals surface area contributed by atoms with Crippen molar-refractivity contribution in [1.82, 2.24) is 5.43 Å². The summed E-state index contributed by atoms with van der Waals surface area (Å²) in [7, 11) is 1.69. The lowest BCUT2D eigenvalue weighted by Crippen LogP contribution is -2.51. The third-order valence-electron chi connectivity index (χ3n) is 4.45. The molecule has 20 heavy (non-hydrogen) atoms. The van der Waals surface area contributed by atoms with Crippen LogP contribution in [0.3, 0.4) is 0 Å². The van der Waals surface area contributed by atoms with Crippen LogP contribution in [0.5, 0.6) is 0 Å². The summed E-state index contributed by atoms with van der Waals surface area (Å²) in [5, 5.41) is 0. The average molecular weight is 304 g/mol. The Morgan fingerprint density at radius 3 is 2.90 bits per heavy atom. The minimum absolute atomic E-state index is 0.107. The van der Waals surface area contributed by atoms with Crippen LogP contribution in [0.15, 0.2) is 0 Å². The Labute approximate surface area is 126 Å². The number of hydrazine groups is 1. The molecule has 0 amide bonds. The molecule has 6 heteroatoms. The zero-order valence-corrected chi connectivity index (χ0v) is 13.3. The molecule has 0 radical (unpaired) electrons. The van der Waals surface area contributed by atoms with Crippen LogP contribution in [0.4, 0.5) is 0 Å². The quantitative estimate of drug-likeness (QED) is 0.418. The second-order valence-corrected chi connectivity index (χ2v) is 6.96. The zero-order valence-electron chi connectivity index (χ0n) is 12.4. The maximum atomic E-state index is 6.13. The van der Waals surface area contributed by atoms with Gasteiger partial charge >= 0.3 is 0 Å². The molecule has 0 aliphatic carbocycles. The topological polar surface area (TPSA) is 65.7 Å². The predicted molar refractivity (Wildman–Crippen MR) is 81.8 cm³/mol. The number of thioether (sulfide) groups is 1. The van der Waals surface area contributed by atoms with E-state index in [1.807, 2.05) is 11.8 Å². The van der Waals surface area contributed by atoms with Crippen LogP contribution in [-0.2, 0) is 14.2 Å². The first-order valence-electron chi connectivity index (χ1n) is 7.54. The maximum Gasteiger partial charge on any atom is 0.0701 e. The minimum atomic E-state index is 0.107. The fourth-order valence-electron chi connectivity index (χ4n) is 3.17. The van der Waals surface area contributed by atoms with Gasteiger partial charge in [0.2, 0.25) is 0 Å². The molecule has 0 aromatic heterocycles. The Bertz CT molecular complexity index is 270. The van der Waals surface area contributed by atoms with Gasteiger partial charge in [0, 0.05) is 19.8 Å². The molecule has 0 bridgehead atoms. The number of nitrogens with one attached hydrogen (secondary N) is 1. The van der Waals surface area contributed by atoms with Crippen LogP contribution >= 0.6 is 11.8 Å². The van der Waals surface area contributed by atoms with Gasteiger partial charge in [-0.05, 0) is 43.1 Å². The van der Waals surface area contributed by atoms with E-state index >= 15 is 0 Å². The monoisotopic (exact) mass is 304 g/mol. The van der Waals surface area contributed by atoms with Crippen molar-refractivity contribution < 1.29 is 14.2 Å². The summed E-state index contributed by atoms with van der Waals surface area (Å²) in [4.78, 5) is 0. The van der Waals surface area contributed by atoms with Crippen molar-refractivity contribution in [2.45, 2.75) is 37.3 Å².